The molecule has 0 amide bonds. The molecule has 0 radical (unpaired) electrons. The Hall–Kier alpha value is -1.07. The summed E-state index contributed by atoms with van der Waals surface area (Å²) >= 11 is 0. The lowest BCUT2D eigenvalue weighted by atomic mass is 9.88. The van der Waals surface area contributed by atoms with Gasteiger partial charge >= 0.3 is 0 Å². The number of hydrogen-bond donors (Lipinski definition) is 1. The van der Waals surface area contributed by atoms with Crippen LogP contribution in [0.2, 0.25) is 0 Å². The van der Waals surface area contributed by atoms with Crippen molar-refractivity contribution >= 4 is 0 Å². The average molecular weight is 256 g/mol. The van der Waals surface area contributed by atoms with Gasteiger partial charge in [0.15, 0.2) is 5.75 Å². The van der Waals surface area contributed by atoms with Crippen molar-refractivity contribution in [1.29, 1.82) is 0 Å². The van der Waals surface area contributed by atoms with E-state index in [2.05, 4.69) is 5.10 Å². The van der Waals surface area contributed by atoms with Crippen molar-refractivity contribution in [2.24, 2.45) is 0 Å². The predicted molar refractivity (Wildman–Crippen MR) is 69.7 cm³/mol. The summed E-state index contributed by atoms with van der Waals surface area (Å²) in [7, 11) is 3.22. The normalized spacial score (nSPS) is 13.7. The molecule has 5 heteroatoms. The molecule has 1 aromatic heterocycles. The molecule has 18 heavy (non-hydrogen) atoms. The minimum absolute atomic E-state index is 0.597. The van der Waals surface area contributed by atoms with Crippen molar-refractivity contribution in [2.75, 3.05) is 14.2 Å². The molecule has 104 valence electrons. The standard InChI is InChI=1S/C13H24N2O3/c1-6-13(7-2,18-5)12(16)11-10(17-4)9-14-15(11)8-3/h9,12,16H,6-8H2,1-5H3. The third kappa shape index (κ3) is 2.37. The second-order valence-electron chi connectivity index (χ2n) is 4.29. The molecule has 0 aliphatic rings. The predicted octanol–water partition coefficient (Wildman–Crippen LogP) is 2.15. The van der Waals surface area contributed by atoms with Crippen LogP contribution in [0.25, 0.3) is 0 Å². The highest BCUT2D eigenvalue weighted by Gasteiger charge is 2.39. The van der Waals surface area contributed by atoms with Gasteiger partial charge in [-0.25, -0.2) is 0 Å². The van der Waals surface area contributed by atoms with Crippen LogP contribution >= 0.6 is 0 Å². The molecular formula is C13H24N2O3. The summed E-state index contributed by atoms with van der Waals surface area (Å²) in [4.78, 5) is 0. The number of aliphatic hydroxyl groups is 1. The smallest absolute Gasteiger partial charge is 0.162 e. The lowest BCUT2D eigenvalue weighted by Crippen LogP contribution is -2.38. The quantitative estimate of drug-likeness (QED) is 0.812. The first-order chi connectivity index (χ1) is 8.60. The Bertz CT molecular complexity index is 343. The highest BCUT2D eigenvalue weighted by Crippen LogP contribution is 2.38. The first-order valence-electron chi connectivity index (χ1n) is 6.43. The van der Waals surface area contributed by atoms with Crippen LogP contribution in [0.15, 0.2) is 6.20 Å². The fraction of sp³-hybridized carbons (Fsp3) is 0.769. The minimum atomic E-state index is -0.755. The third-order valence-corrected chi connectivity index (χ3v) is 3.73. The van der Waals surface area contributed by atoms with E-state index in [1.54, 1.807) is 25.1 Å². The molecule has 0 aromatic carbocycles. The van der Waals surface area contributed by atoms with Gasteiger partial charge in [-0.05, 0) is 19.8 Å². The van der Waals surface area contributed by atoms with E-state index in [1.165, 1.54) is 0 Å². The Kier molecular flexibility index (Phi) is 5.16. The van der Waals surface area contributed by atoms with Crippen LogP contribution in [0.3, 0.4) is 0 Å². The second kappa shape index (κ2) is 6.20. The molecule has 5 nitrogen and oxygen atoms in total. The molecule has 0 aliphatic carbocycles. The molecule has 0 aliphatic heterocycles. The maximum absolute atomic E-state index is 10.7. The number of aryl methyl sites for hydroxylation is 1. The largest absolute Gasteiger partial charge is 0.493 e. The molecule has 0 saturated carbocycles. The van der Waals surface area contributed by atoms with Crippen LogP contribution in [0.1, 0.15) is 45.4 Å². The van der Waals surface area contributed by atoms with Crippen molar-refractivity contribution in [2.45, 2.75) is 51.9 Å². The average Bonchev–Trinajstić information content (AvgIpc) is 2.83. The highest BCUT2D eigenvalue weighted by molar-refractivity contribution is 5.29. The zero-order valence-electron chi connectivity index (χ0n) is 11.9. The fourth-order valence-electron chi connectivity index (χ4n) is 2.35. The molecule has 1 unspecified atom stereocenters. The van der Waals surface area contributed by atoms with Crippen molar-refractivity contribution in [3.8, 4) is 5.75 Å². The molecule has 0 fully saturated rings. The summed E-state index contributed by atoms with van der Waals surface area (Å²) < 4.78 is 12.6. The van der Waals surface area contributed by atoms with Crippen LogP contribution in [-0.2, 0) is 11.3 Å². The van der Waals surface area contributed by atoms with Crippen LogP contribution in [0.4, 0.5) is 0 Å². The Morgan fingerprint density at radius 2 is 1.94 bits per heavy atom. The number of methoxy groups -OCH3 is 2. The number of rotatable bonds is 7. The van der Waals surface area contributed by atoms with Gasteiger partial charge < -0.3 is 14.6 Å². The minimum Gasteiger partial charge on any atom is -0.493 e. The molecule has 0 spiro atoms. The Morgan fingerprint density at radius 3 is 2.33 bits per heavy atom. The third-order valence-electron chi connectivity index (χ3n) is 3.73. The van der Waals surface area contributed by atoms with Crippen LogP contribution in [0.5, 0.6) is 5.75 Å². The van der Waals surface area contributed by atoms with Crippen LogP contribution in [0, 0.1) is 0 Å². The number of hydrogen-bond acceptors (Lipinski definition) is 4. The van der Waals surface area contributed by atoms with Gasteiger partial charge in [0, 0.05) is 13.7 Å². The monoisotopic (exact) mass is 256 g/mol. The molecular weight excluding hydrogens is 232 g/mol. The Morgan fingerprint density at radius 1 is 1.33 bits per heavy atom. The Balaban J connectivity index is 3.22. The summed E-state index contributed by atoms with van der Waals surface area (Å²) in [6.45, 7) is 6.68. The van der Waals surface area contributed by atoms with Crippen molar-refractivity contribution in [3.63, 3.8) is 0 Å². The van der Waals surface area contributed by atoms with E-state index in [0.29, 0.717) is 18.0 Å². The number of aromatic nitrogens is 2. The molecule has 1 rings (SSSR count). The van der Waals surface area contributed by atoms with E-state index in [0.717, 1.165) is 12.8 Å². The first-order valence-corrected chi connectivity index (χ1v) is 6.43. The summed E-state index contributed by atoms with van der Waals surface area (Å²) in [5, 5.41) is 14.9. The van der Waals surface area contributed by atoms with Crippen LogP contribution < -0.4 is 4.74 Å². The molecule has 1 atom stereocenters. The zero-order chi connectivity index (χ0) is 13.8. The maximum Gasteiger partial charge on any atom is 0.162 e. The Labute approximate surface area is 109 Å². The van der Waals surface area contributed by atoms with Gasteiger partial charge in [-0.3, -0.25) is 4.68 Å². The van der Waals surface area contributed by atoms with Gasteiger partial charge in [-0.2, -0.15) is 5.10 Å². The summed E-state index contributed by atoms with van der Waals surface area (Å²) in [5.41, 5.74) is 0.0887. The number of ether oxygens (including phenoxy) is 2. The lowest BCUT2D eigenvalue weighted by Gasteiger charge is -2.35. The van der Waals surface area contributed by atoms with Gasteiger partial charge in [-0.15, -0.1) is 0 Å². The summed E-state index contributed by atoms with van der Waals surface area (Å²) in [6.07, 6.45) is 2.32. The summed E-state index contributed by atoms with van der Waals surface area (Å²) in [6, 6.07) is 0. The van der Waals surface area contributed by atoms with Gasteiger partial charge in [0.1, 0.15) is 11.8 Å². The fourth-order valence-corrected chi connectivity index (χ4v) is 2.35. The molecule has 1 aromatic rings. The zero-order valence-corrected chi connectivity index (χ0v) is 11.9. The summed E-state index contributed by atoms with van der Waals surface area (Å²) in [5.74, 6) is 0.604. The molecule has 0 saturated heterocycles. The highest BCUT2D eigenvalue weighted by atomic mass is 16.5. The van der Waals surface area contributed by atoms with E-state index in [1.807, 2.05) is 20.8 Å². The maximum atomic E-state index is 10.7. The van der Waals surface area contributed by atoms with Gasteiger partial charge in [0.2, 0.25) is 0 Å². The van der Waals surface area contributed by atoms with E-state index < -0.39 is 11.7 Å². The molecule has 1 heterocycles. The number of nitrogens with zero attached hydrogens (tertiary/aromatic N) is 2. The molecule has 0 bridgehead atoms. The van der Waals surface area contributed by atoms with E-state index >= 15 is 0 Å². The second-order valence-corrected chi connectivity index (χ2v) is 4.29. The SMILES string of the molecule is CCn1ncc(OC)c1C(O)C(CC)(CC)OC. The van der Waals surface area contributed by atoms with Crippen LogP contribution in [-0.4, -0.2) is 34.7 Å². The van der Waals surface area contributed by atoms with E-state index in [4.69, 9.17) is 9.47 Å². The van der Waals surface area contributed by atoms with Crippen molar-refractivity contribution < 1.29 is 14.6 Å². The van der Waals surface area contributed by atoms with Gasteiger partial charge in [-0.1, -0.05) is 13.8 Å². The van der Waals surface area contributed by atoms with Gasteiger partial charge in [0.05, 0.1) is 18.9 Å². The van der Waals surface area contributed by atoms with Crippen molar-refractivity contribution in [1.82, 2.24) is 9.78 Å². The first kappa shape index (κ1) is 15.0. The van der Waals surface area contributed by atoms with E-state index in [9.17, 15) is 5.11 Å². The lowest BCUT2D eigenvalue weighted by molar-refractivity contribution is -0.113. The van der Waals surface area contributed by atoms with Crippen molar-refractivity contribution in [3.05, 3.63) is 11.9 Å². The van der Waals surface area contributed by atoms with Gasteiger partial charge in [0.25, 0.3) is 0 Å². The van der Waals surface area contributed by atoms with E-state index in [-0.39, 0.29) is 0 Å². The number of aliphatic hydroxyl groups excluding tert-OH is 1. The molecule has 1 N–H and O–H groups in total. The topological polar surface area (TPSA) is 56.5 Å².